The average Bonchev–Trinajstić information content (AvgIpc) is 2.85. The van der Waals surface area contributed by atoms with Crippen LogP contribution in [0.15, 0.2) is 0 Å². The standard InChI is InChI=1S/C4H6NO.3C4H9.Sn/c6-4-2-1-3-5-4;3*1-3-4-2;/h3H,1-2H2,(H,5,6);3*1,3-4H2,2H3;. The summed E-state index contributed by atoms with van der Waals surface area (Å²) in [4.78, 5) is 11.6. The monoisotopic (exact) mass is 375 g/mol. The van der Waals surface area contributed by atoms with Crippen LogP contribution in [0.4, 0.5) is 0 Å². The molecule has 19 heavy (non-hydrogen) atoms. The summed E-state index contributed by atoms with van der Waals surface area (Å²) in [7, 11) is 0. The van der Waals surface area contributed by atoms with E-state index in [0.717, 1.165) is 12.8 Å². The molecule has 1 amide bonds. The van der Waals surface area contributed by atoms with Crippen LogP contribution < -0.4 is 5.32 Å². The third kappa shape index (κ3) is 5.28. The second-order valence-corrected chi connectivity index (χ2v) is 20.4. The maximum atomic E-state index is 11.6. The van der Waals surface area contributed by atoms with Gasteiger partial charge in [-0.25, -0.2) is 0 Å². The van der Waals surface area contributed by atoms with E-state index in [2.05, 4.69) is 26.1 Å². The first-order valence-electron chi connectivity index (χ1n) is 8.48. The number of unbranched alkanes of at least 4 members (excludes halogenated alkanes) is 3. The fourth-order valence-electron chi connectivity index (χ4n) is 3.56. The van der Waals surface area contributed by atoms with Crippen molar-refractivity contribution in [3.8, 4) is 0 Å². The number of rotatable bonds is 10. The van der Waals surface area contributed by atoms with E-state index in [4.69, 9.17) is 0 Å². The summed E-state index contributed by atoms with van der Waals surface area (Å²) in [6.45, 7) is 6.93. The minimum atomic E-state index is -2.16. The molecule has 1 saturated heterocycles. The zero-order chi connectivity index (χ0) is 14.1. The molecule has 0 bridgehead atoms. The van der Waals surface area contributed by atoms with Gasteiger partial charge < -0.3 is 0 Å². The number of nitrogens with one attached hydrogen (secondary N) is 1. The predicted octanol–water partition coefficient (Wildman–Crippen LogP) is 4.65. The molecule has 0 spiro atoms. The van der Waals surface area contributed by atoms with E-state index in [9.17, 15) is 4.79 Å². The van der Waals surface area contributed by atoms with Crippen LogP contribution >= 0.6 is 0 Å². The molecular weight excluding hydrogens is 341 g/mol. The van der Waals surface area contributed by atoms with Crippen LogP contribution in [-0.4, -0.2) is 28.3 Å². The van der Waals surface area contributed by atoms with Gasteiger partial charge in [-0.1, -0.05) is 0 Å². The van der Waals surface area contributed by atoms with Crippen LogP contribution in [0.5, 0.6) is 0 Å². The molecule has 1 fully saturated rings. The van der Waals surface area contributed by atoms with Crippen molar-refractivity contribution in [1.29, 1.82) is 0 Å². The Hall–Kier alpha value is 0.269. The van der Waals surface area contributed by atoms with Gasteiger partial charge in [0.2, 0.25) is 0 Å². The predicted molar refractivity (Wildman–Crippen MR) is 86.1 cm³/mol. The van der Waals surface area contributed by atoms with Gasteiger partial charge in [0.1, 0.15) is 0 Å². The van der Waals surface area contributed by atoms with E-state index in [1.807, 2.05) is 0 Å². The third-order valence-electron chi connectivity index (χ3n) is 4.82. The fraction of sp³-hybridized carbons (Fsp3) is 0.938. The Morgan fingerprint density at radius 2 is 1.47 bits per heavy atom. The van der Waals surface area contributed by atoms with Crippen molar-refractivity contribution in [2.45, 2.75) is 89.5 Å². The molecule has 3 heteroatoms. The summed E-state index contributed by atoms with van der Waals surface area (Å²) in [5, 5.41) is 3.38. The topological polar surface area (TPSA) is 29.1 Å². The van der Waals surface area contributed by atoms with E-state index in [1.165, 1.54) is 51.8 Å². The van der Waals surface area contributed by atoms with Gasteiger partial charge in [-0.2, -0.15) is 0 Å². The van der Waals surface area contributed by atoms with Crippen molar-refractivity contribution in [2.24, 2.45) is 0 Å². The third-order valence-corrected chi connectivity index (χ3v) is 21.8. The summed E-state index contributed by atoms with van der Waals surface area (Å²) in [5.41, 5.74) is 0. The Labute approximate surface area is 124 Å². The molecule has 0 aromatic carbocycles. The molecule has 0 saturated carbocycles. The van der Waals surface area contributed by atoms with Crippen LogP contribution in [0, 0.1) is 0 Å². The van der Waals surface area contributed by atoms with Crippen molar-refractivity contribution < 1.29 is 4.79 Å². The van der Waals surface area contributed by atoms with Gasteiger partial charge in [0.05, 0.1) is 0 Å². The van der Waals surface area contributed by atoms with E-state index >= 15 is 0 Å². The van der Waals surface area contributed by atoms with Gasteiger partial charge in [0, 0.05) is 0 Å². The van der Waals surface area contributed by atoms with Gasteiger partial charge in [-0.15, -0.1) is 0 Å². The van der Waals surface area contributed by atoms with Gasteiger partial charge in [-0.3, -0.25) is 0 Å². The molecule has 1 atom stereocenters. The van der Waals surface area contributed by atoms with Crippen molar-refractivity contribution in [3.05, 3.63) is 0 Å². The molecule has 1 unspecified atom stereocenters. The molecule has 0 radical (unpaired) electrons. The van der Waals surface area contributed by atoms with Crippen molar-refractivity contribution in [1.82, 2.24) is 5.32 Å². The molecule has 0 aliphatic carbocycles. The Balaban J connectivity index is 2.77. The molecule has 112 valence electrons. The number of hydrogen-bond acceptors (Lipinski definition) is 1. The van der Waals surface area contributed by atoms with Crippen molar-refractivity contribution in [2.75, 3.05) is 0 Å². The molecule has 1 N–H and O–H groups in total. The minimum absolute atomic E-state index is 0.329. The summed E-state index contributed by atoms with van der Waals surface area (Å²) >= 11 is -2.16. The molecular formula is C16H33NOSn. The first-order valence-corrected chi connectivity index (χ1v) is 16.2. The average molecular weight is 374 g/mol. The second-order valence-electron chi connectivity index (χ2n) is 6.33. The van der Waals surface area contributed by atoms with Crippen LogP contribution in [-0.2, 0) is 4.79 Å². The molecule has 1 rings (SSSR count). The summed E-state index contributed by atoms with van der Waals surface area (Å²) < 4.78 is 5.19. The van der Waals surface area contributed by atoms with E-state index in [0.29, 0.717) is 9.96 Å². The van der Waals surface area contributed by atoms with Crippen molar-refractivity contribution in [3.63, 3.8) is 0 Å². The summed E-state index contributed by atoms with van der Waals surface area (Å²) in [6.07, 6.45) is 10.1. The zero-order valence-electron chi connectivity index (χ0n) is 13.3. The quantitative estimate of drug-likeness (QED) is 0.554. The Morgan fingerprint density at radius 1 is 1.00 bits per heavy atom. The van der Waals surface area contributed by atoms with Gasteiger partial charge in [0.25, 0.3) is 0 Å². The summed E-state index contributed by atoms with van der Waals surface area (Å²) in [5.74, 6) is 0.329. The number of carbonyl (C=O) groups excluding carboxylic acids is 1. The Bertz CT molecular complexity index is 246. The Kier molecular flexibility index (Phi) is 8.43. The number of carbonyl (C=O) groups is 1. The van der Waals surface area contributed by atoms with Crippen LogP contribution in [0.1, 0.15) is 72.1 Å². The number of hydrogen-bond donors (Lipinski definition) is 1. The molecule has 1 heterocycles. The molecule has 1 aliphatic heterocycles. The SMILES string of the molecule is CCC[CH2][Sn]([CH2]CCC)([CH2]CCC)[CH]1CCC(=O)N1. The fourth-order valence-corrected chi connectivity index (χ4v) is 21.2. The Morgan fingerprint density at radius 3 is 1.79 bits per heavy atom. The van der Waals surface area contributed by atoms with E-state index < -0.39 is 18.4 Å². The van der Waals surface area contributed by atoms with Gasteiger partial charge >= 0.3 is 124 Å². The van der Waals surface area contributed by atoms with Gasteiger partial charge in [0.15, 0.2) is 0 Å². The van der Waals surface area contributed by atoms with Crippen LogP contribution in [0.25, 0.3) is 0 Å². The first kappa shape index (κ1) is 17.3. The zero-order valence-corrected chi connectivity index (χ0v) is 16.1. The van der Waals surface area contributed by atoms with Gasteiger partial charge in [-0.05, 0) is 0 Å². The molecule has 0 aromatic rings. The number of amides is 1. The summed E-state index contributed by atoms with van der Waals surface area (Å²) in [6, 6.07) is 0. The second kappa shape index (κ2) is 9.25. The maximum absolute atomic E-state index is 11.6. The van der Waals surface area contributed by atoms with Crippen LogP contribution in [0.2, 0.25) is 13.3 Å². The first-order chi connectivity index (χ1) is 9.18. The molecule has 1 aliphatic rings. The molecule has 0 aromatic heterocycles. The van der Waals surface area contributed by atoms with Crippen LogP contribution in [0.3, 0.4) is 0 Å². The van der Waals surface area contributed by atoms with E-state index in [-0.39, 0.29) is 0 Å². The normalized spacial score (nSPS) is 19.7. The van der Waals surface area contributed by atoms with Crippen molar-refractivity contribution >= 4 is 24.3 Å². The molecule has 2 nitrogen and oxygen atoms in total. The van der Waals surface area contributed by atoms with E-state index in [1.54, 1.807) is 0 Å².